The van der Waals surface area contributed by atoms with E-state index in [1.165, 1.54) is 0 Å². The van der Waals surface area contributed by atoms with E-state index in [1.807, 2.05) is 97.1 Å². The molecule has 0 N–H and O–H groups in total. The maximum atomic E-state index is 8.70. The molecule has 0 fully saturated rings. The number of hydrogen-bond donors (Lipinski definition) is 0. The second-order valence-electron chi connectivity index (χ2n) is 14.0. The second-order valence-corrected chi connectivity index (χ2v) is 14.0. The lowest BCUT2D eigenvalue weighted by Crippen LogP contribution is -2.01. The quantitative estimate of drug-likeness (QED) is 0.176. The molecule has 0 amide bonds. The van der Waals surface area contributed by atoms with Gasteiger partial charge in [-0.25, -0.2) is 15.0 Å². The first kappa shape index (κ1) is 26.9. The monoisotopic (exact) mass is 735 g/mol. The summed E-state index contributed by atoms with van der Waals surface area (Å²) in [6.45, 7) is 0. The molecule has 266 valence electrons. The van der Waals surface area contributed by atoms with E-state index in [0.717, 1.165) is 71.3 Å². The van der Waals surface area contributed by atoms with Gasteiger partial charge in [0.2, 0.25) is 0 Å². The Morgan fingerprint density at radius 1 is 0.404 bits per heavy atom. The maximum absolute atomic E-state index is 8.70. The van der Waals surface area contributed by atoms with E-state index in [-0.39, 0.29) is 17.6 Å². The third-order valence-corrected chi connectivity index (χ3v) is 10.7. The first-order valence-electron chi connectivity index (χ1n) is 21.1. The van der Waals surface area contributed by atoms with Gasteiger partial charge >= 0.3 is 0 Å². The zero-order chi connectivity index (χ0) is 41.8. The molecule has 4 heterocycles. The van der Waals surface area contributed by atoms with Crippen molar-refractivity contribution in [3.8, 4) is 51.0 Å². The fourth-order valence-electron chi connectivity index (χ4n) is 8.12. The lowest BCUT2D eigenvalue weighted by molar-refractivity contribution is 0.669. The van der Waals surface area contributed by atoms with Crippen molar-refractivity contribution in [3.05, 3.63) is 182 Å². The molecule has 0 saturated carbocycles. The van der Waals surface area contributed by atoms with Crippen molar-refractivity contribution in [2.45, 2.75) is 0 Å². The zero-order valence-corrected chi connectivity index (χ0v) is 30.0. The van der Waals surface area contributed by atoms with Crippen LogP contribution in [0.4, 0.5) is 0 Å². The van der Waals surface area contributed by atoms with Crippen LogP contribution in [0.25, 0.3) is 117 Å². The van der Waals surface area contributed by atoms with Crippen LogP contribution >= 0.6 is 0 Å². The molecular weight excluding hydrogens is 701 g/mol. The molecule has 0 spiro atoms. The number of fused-ring (bicyclic) bond motifs is 9. The minimum absolute atomic E-state index is 0.0986. The van der Waals surface area contributed by atoms with Crippen LogP contribution in [0.1, 0.15) is 6.85 Å². The van der Waals surface area contributed by atoms with Gasteiger partial charge in [-0.05, 0) is 71.8 Å². The predicted octanol–water partition coefficient (Wildman–Crippen LogP) is 13.4. The van der Waals surface area contributed by atoms with E-state index in [1.54, 1.807) is 12.1 Å². The Hall–Kier alpha value is -7.83. The summed E-state index contributed by atoms with van der Waals surface area (Å²) in [5.74, 6) is 1.34. The number of hydrogen-bond acceptors (Lipinski definition) is 5. The smallest absolute Gasteiger partial charge is 0.167 e. The summed E-state index contributed by atoms with van der Waals surface area (Å²) >= 11 is 0. The highest BCUT2D eigenvalue weighted by Gasteiger charge is 2.22. The highest BCUT2D eigenvalue weighted by Crippen LogP contribution is 2.42. The van der Waals surface area contributed by atoms with E-state index in [9.17, 15) is 0 Å². The Bertz CT molecular complexity index is 3750. The molecule has 0 atom stereocenters. The van der Waals surface area contributed by atoms with Gasteiger partial charge in [-0.3, -0.25) is 0 Å². The third-order valence-electron chi connectivity index (χ3n) is 10.7. The summed E-state index contributed by atoms with van der Waals surface area (Å²) in [5.41, 5.74) is 8.22. The highest BCUT2D eigenvalue weighted by atomic mass is 16.3. The number of furan rings is 2. The van der Waals surface area contributed by atoms with Crippen LogP contribution in [0.2, 0.25) is 0 Å². The standard InChI is InChI=1S/C51H30N4O2/c1-3-13-31(14-4-1)33-23-25-39-41-29-35(55-43-20-10-7-17-36(43)37-18-8-11-21-44(37)55)30-42(48(41)57-47(39)28-33)51-53-49(32-15-5-2-6-16-32)52-50(54-51)34-24-26-46-40(27-34)38-19-9-12-22-45(38)56-46/h1-30H/i1D,3D,4D,13D,14D. The topological polar surface area (TPSA) is 69.9 Å². The van der Waals surface area contributed by atoms with Gasteiger partial charge in [0.25, 0.3) is 0 Å². The molecule has 12 rings (SSSR count). The Balaban J connectivity index is 1.16. The van der Waals surface area contributed by atoms with Crippen molar-refractivity contribution in [1.82, 2.24) is 19.5 Å². The normalized spacial score (nSPS) is 13.1. The van der Waals surface area contributed by atoms with E-state index in [0.29, 0.717) is 39.8 Å². The first-order chi connectivity index (χ1) is 30.3. The van der Waals surface area contributed by atoms with E-state index in [2.05, 4.69) is 47.0 Å². The van der Waals surface area contributed by atoms with E-state index >= 15 is 0 Å². The lowest BCUT2D eigenvalue weighted by atomic mass is 10.0. The fourth-order valence-corrected chi connectivity index (χ4v) is 8.12. The number of benzene rings is 8. The van der Waals surface area contributed by atoms with E-state index in [4.69, 9.17) is 30.6 Å². The zero-order valence-electron chi connectivity index (χ0n) is 35.0. The predicted molar refractivity (Wildman–Crippen MR) is 230 cm³/mol. The minimum atomic E-state index is -0.444. The van der Waals surface area contributed by atoms with Crippen LogP contribution < -0.4 is 0 Å². The Morgan fingerprint density at radius 3 is 1.82 bits per heavy atom. The van der Waals surface area contributed by atoms with Gasteiger partial charge in [0, 0.05) is 49.1 Å². The van der Waals surface area contributed by atoms with Crippen molar-refractivity contribution in [2.75, 3.05) is 0 Å². The molecule has 4 aromatic heterocycles. The largest absolute Gasteiger partial charge is 0.456 e. The number of para-hydroxylation sites is 3. The van der Waals surface area contributed by atoms with Gasteiger partial charge < -0.3 is 13.4 Å². The molecule has 6 heteroatoms. The summed E-state index contributed by atoms with van der Waals surface area (Å²) in [6, 6.07) is 48.1. The highest BCUT2D eigenvalue weighted by molar-refractivity contribution is 6.13. The van der Waals surface area contributed by atoms with Crippen LogP contribution in [0.3, 0.4) is 0 Å². The van der Waals surface area contributed by atoms with Crippen molar-refractivity contribution in [2.24, 2.45) is 0 Å². The van der Waals surface area contributed by atoms with Crippen LogP contribution in [0.15, 0.2) is 191 Å². The average Bonchev–Trinajstić information content (AvgIpc) is 3.99. The molecule has 0 bridgehead atoms. The molecule has 0 saturated heterocycles. The number of aromatic nitrogens is 4. The molecule has 0 aliphatic carbocycles. The van der Waals surface area contributed by atoms with Gasteiger partial charge in [0.05, 0.1) is 23.5 Å². The summed E-state index contributed by atoms with van der Waals surface area (Å²) in [5, 5.41) is 5.73. The van der Waals surface area contributed by atoms with Gasteiger partial charge in [0.1, 0.15) is 22.3 Å². The number of nitrogens with zero attached hydrogens (tertiary/aromatic N) is 4. The molecule has 57 heavy (non-hydrogen) atoms. The van der Waals surface area contributed by atoms with Gasteiger partial charge in [-0.2, -0.15) is 0 Å². The molecule has 0 aliphatic rings. The summed E-state index contributed by atoms with van der Waals surface area (Å²) in [6.07, 6.45) is 0. The van der Waals surface area contributed by atoms with Crippen LogP contribution in [-0.2, 0) is 0 Å². The summed E-state index contributed by atoms with van der Waals surface area (Å²) in [7, 11) is 0. The minimum Gasteiger partial charge on any atom is -0.456 e. The third kappa shape index (κ3) is 5.01. The molecule has 0 aliphatic heterocycles. The summed E-state index contributed by atoms with van der Waals surface area (Å²) in [4.78, 5) is 15.5. The van der Waals surface area contributed by atoms with Crippen molar-refractivity contribution in [3.63, 3.8) is 0 Å². The van der Waals surface area contributed by atoms with Crippen molar-refractivity contribution >= 4 is 65.7 Å². The molecule has 6 nitrogen and oxygen atoms in total. The first-order valence-corrected chi connectivity index (χ1v) is 18.6. The van der Waals surface area contributed by atoms with Crippen molar-refractivity contribution < 1.29 is 15.7 Å². The van der Waals surface area contributed by atoms with Crippen LogP contribution in [0, 0.1) is 0 Å². The van der Waals surface area contributed by atoms with Crippen molar-refractivity contribution in [1.29, 1.82) is 0 Å². The molecule has 0 unspecified atom stereocenters. The maximum Gasteiger partial charge on any atom is 0.167 e. The van der Waals surface area contributed by atoms with Gasteiger partial charge in [-0.1, -0.05) is 121 Å². The average molecular weight is 736 g/mol. The lowest BCUT2D eigenvalue weighted by Gasteiger charge is -2.12. The fraction of sp³-hybridized carbons (Fsp3) is 0. The molecular formula is C51H30N4O2. The SMILES string of the molecule is [2H]c1c([2H])c([2H])c(-c2ccc3c(c2)oc2c(-c4nc(-c5ccccc5)nc(-c5ccc6oc7ccccc7c6c5)n4)cc(-n4c5ccccc5c5ccccc54)cc23)c([2H])c1[2H]. The summed E-state index contributed by atoms with van der Waals surface area (Å²) < 4.78 is 57.4. The van der Waals surface area contributed by atoms with Crippen LogP contribution in [0.5, 0.6) is 0 Å². The molecule has 0 radical (unpaired) electrons. The van der Waals surface area contributed by atoms with Gasteiger partial charge in [-0.15, -0.1) is 0 Å². The van der Waals surface area contributed by atoms with E-state index < -0.39 is 18.1 Å². The van der Waals surface area contributed by atoms with Gasteiger partial charge in [0.15, 0.2) is 17.5 Å². The number of rotatable bonds is 5. The Labute approximate surface area is 332 Å². The Kier molecular flexibility index (Phi) is 5.82. The second kappa shape index (κ2) is 12.3. The van der Waals surface area contributed by atoms with Crippen LogP contribution in [-0.4, -0.2) is 19.5 Å². The Morgan fingerprint density at radius 2 is 1.04 bits per heavy atom. The molecule has 12 aromatic rings. The molecule has 8 aromatic carbocycles.